The van der Waals surface area contributed by atoms with Crippen LogP contribution >= 0.6 is 15.9 Å². The summed E-state index contributed by atoms with van der Waals surface area (Å²) in [6.07, 6.45) is 0.469. The number of halogens is 1. The van der Waals surface area contributed by atoms with Crippen molar-refractivity contribution in [1.29, 1.82) is 0 Å². The summed E-state index contributed by atoms with van der Waals surface area (Å²) in [5.41, 5.74) is 1.64. The molecule has 1 heterocycles. The monoisotopic (exact) mass is 451 g/mol. The Morgan fingerprint density at radius 2 is 2.04 bits per heavy atom. The zero-order valence-electron chi connectivity index (χ0n) is 15.9. The van der Waals surface area contributed by atoms with Crippen molar-refractivity contribution in [3.8, 4) is 11.5 Å². The van der Waals surface area contributed by atoms with E-state index >= 15 is 0 Å². The van der Waals surface area contributed by atoms with E-state index < -0.39 is 17.8 Å². The summed E-state index contributed by atoms with van der Waals surface area (Å²) in [6.45, 7) is 3.94. The van der Waals surface area contributed by atoms with Gasteiger partial charge in [-0.3, -0.25) is 14.4 Å². The smallest absolute Gasteiger partial charge is 0.316 e. The molecule has 1 aromatic rings. The number of rotatable bonds is 4. The van der Waals surface area contributed by atoms with Crippen molar-refractivity contribution in [2.24, 2.45) is 11.8 Å². The van der Waals surface area contributed by atoms with Gasteiger partial charge in [0.2, 0.25) is 5.91 Å². The van der Waals surface area contributed by atoms with Crippen LogP contribution in [0, 0.1) is 11.8 Å². The van der Waals surface area contributed by atoms with Crippen LogP contribution in [0.2, 0.25) is 0 Å². The number of carbonyl (C=O) groups is 3. The largest absolute Gasteiger partial charge is 0.503 e. The van der Waals surface area contributed by atoms with E-state index in [9.17, 15) is 19.5 Å². The maximum absolute atomic E-state index is 13.2. The van der Waals surface area contributed by atoms with E-state index in [1.54, 1.807) is 26.0 Å². The fourth-order valence-corrected chi connectivity index (χ4v) is 4.40. The predicted octanol–water partition coefficient (Wildman–Crippen LogP) is 2.81. The highest BCUT2D eigenvalue weighted by Crippen LogP contribution is 2.45. The number of esters is 1. The normalized spacial score (nSPS) is 24.5. The molecule has 150 valence electrons. The standard InChI is InChI=1S/C20H22BrNO6/c1-4-28-14-7-10(6-12(21)18(14)24)11-8-15(23)22-13-5-9(2)16(20(26)27-3)19(25)17(11)13/h6-7,9,11,16,24H,4-5,8H2,1-3H3,(H,22,23)/t9-,11-,16+/m1/s1. The lowest BCUT2D eigenvalue weighted by Gasteiger charge is -2.36. The van der Waals surface area contributed by atoms with Crippen LogP contribution in [0.3, 0.4) is 0 Å². The van der Waals surface area contributed by atoms with Gasteiger partial charge < -0.3 is 19.9 Å². The Bertz CT molecular complexity index is 878. The fraction of sp³-hybridized carbons (Fsp3) is 0.450. The third-order valence-corrected chi connectivity index (χ3v) is 5.81. The maximum Gasteiger partial charge on any atom is 0.316 e. The molecule has 0 fully saturated rings. The Balaban J connectivity index is 2.11. The molecule has 3 atom stereocenters. The number of allylic oxidation sites excluding steroid dienone is 2. The van der Waals surface area contributed by atoms with Gasteiger partial charge in [-0.2, -0.15) is 0 Å². The van der Waals surface area contributed by atoms with Crippen LogP contribution in [0.25, 0.3) is 0 Å². The Labute approximate surface area is 171 Å². The average molecular weight is 452 g/mol. The van der Waals surface area contributed by atoms with Crippen molar-refractivity contribution < 1.29 is 29.0 Å². The molecule has 1 aromatic carbocycles. The Kier molecular flexibility index (Phi) is 5.79. The number of amides is 1. The van der Waals surface area contributed by atoms with Gasteiger partial charge in [0.05, 0.1) is 18.2 Å². The van der Waals surface area contributed by atoms with Gasteiger partial charge in [0.15, 0.2) is 17.3 Å². The number of Topliss-reactive ketones (excluding diaryl/α,β-unsaturated/α-hetero) is 1. The molecule has 2 N–H and O–H groups in total. The number of methoxy groups -OCH3 is 1. The second-order valence-electron chi connectivity index (χ2n) is 7.03. The van der Waals surface area contributed by atoms with Crippen LogP contribution in [-0.4, -0.2) is 36.5 Å². The average Bonchev–Trinajstić information content (AvgIpc) is 2.64. The van der Waals surface area contributed by atoms with Crippen LogP contribution in [0.15, 0.2) is 27.9 Å². The van der Waals surface area contributed by atoms with Crippen LogP contribution in [0.5, 0.6) is 11.5 Å². The molecule has 28 heavy (non-hydrogen) atoms. The lowest BCUT2D eigenvalue weighted by Crippen LogP contribution is -2.44. The van der Waals surface area contributed by atoms with Gasteiger partial charge >= 0.3 is 5.97 Å². The number of nitrogens with one attached hydrogen (secondary N) is 1. The van der Waals surface area contributed by atoms with E-state index in [-0.39, 0.29) is 35.5 Å². The zero-order valence-corrected chi connectivity index (χ0v) is 17.5. The first-order chi connectivity index (χ1) is 13.3. The van der Waals surface area contributed by atoms with Crippen LogP contribution in [0.4, 0.5) is 0 Å². The molecule has 3 rings (SSSR count). The number of benzene rings is 1. The topological polar surface area (TPSA) is 102 Å². The van der Waals surface area contributed by atoms with E-state index in [2.05, 4.69) is 21.2 Å². The molecule has 0 spiro atoms. The van der Waals surface area contributed by atoms with Crippen molar-refractivity contribution in [3.63, 3.8) is 0 Å². The molecule has 0 saturated carbocycles. The van der Waals surface area contributed by atoms with Crippen molar-refractivity contribution in [2.45, 2.75) is 32.6 Å². The van der Waals surface area contributed by atoms with Gasteiger partial charge in [0.1, 0.15) is 5.92 Å². The third-order valence-electron chi connectivity index (χ3n) is 5.20. The van der Waals surface area contributed by atoms with Crippen molar-refractivity contribution in [3.05, 3.63) is 33.4 Å². The highest BCUT2D eigenvalue weighted by atomic mass is 79.9. The molecule has 1 aliphatic carbocycles. The Hall–Kier alpha value is -2.35. The summed E-state index contributed by atoms with van der Waals surface area (Å²) < 4.78 is 10.7. The molecule has 1 amide bonds. The molecular formula is C20H22BrNO6. The van der Waals surface area contributed by atoms with Crippen molar-refractivity contribution >= 4 is 33.6 Å². The molecular weight excluding hydrogens is 430 g/mol. The maximum atomic E-state index is 13.2. The second-order valence-corrected chi connectivity index (χ2v) is 7.88. The first-order valence-electron chi connectivity index (χ1n) is 9.08. The van der Waals surface area contributed by atoms with Gasteiger partial charge in [0.25, 0.3) is 0 Å². The summed E-state index contributed by atoms with van der Waals surface area (Å²) in [5.74, 6) is -2.57. The molecule has 7 nitrogen and oxygen atoms in total. The van der Waals surface area contributed by atoms with Crippen LogP contribution < -0.4 is 10.1 Å². The van der Waals surface area contributed by atoms with Crippen molar-refractivity contribution in [1.82, 2.24) is 5.32 Å². The molecule has 8 heteroatoms. The lowest BCUT2D eigenvalue weighted by molar-refractivity contribution is -0.151. The van der Waals surface area contributed by atoms with Gasteiger partial charge in [-0.15, -0.1) is 0 Å². The zero-order chi connectivity index (χ0) is 20.6. The van der Waals surface area contributed by atoms with Crippen LogP contribution in [-0.2, 0) is 19.1 Å². The molecule has 2 aliphatic rings. The highest BCUT2D eigenvalue weighted by molar-refractivity contribution is 9.10. The molecule has 0 bridgehead atoms. The Morgan fingerprint density at radius 3 is 2.68 bits per heavy atom. The van der Waals surface area contributed by atoms with E-state index in [1.807, 2.05) is 0 Å². The minimum atomic E-state index is -0.895. The number of carbonyl (C=O) groups excluding carboxylic acids is 3. The molecule has 0 radical (unpaired) electrons. The van der Waals surface area contributed by atoms with Gasteiger partial charge in [-0.1, -0.05) is 6.92 Å². The molecule has 0 unspecified atom stereocenters. The Morgan fingerprint density at radius 1 is 1.32 bits per heavy atom. The first kappa shape index (κ1) is 20.4. The van der Waals surface area contributed by atoms with Crippen molar-refractivity contribution in [2.75, 3.05) is 13.7 Å². The predicted molar refractivity (Wildman–Crippen MR) is 104 cm³/mol. The number of ketones is 1. The number of hydrogen-bond donors (Lipinski definition) is 2. The quantitative estimate of drug-likeness (QED) is 0.538. The first-order valence-corrected chi connectivity index (χ1v) is 9.87. The minimum Gasteiger partial charge on any atom is -0.503 e. The van der Waals surface area contributed by atoms with Crippen LogP contribution in [0.1, 0.15) is 38.2 Å². The minimum absolute atomic E-state index is 0.0453. The second kappa shape index (κ2) is 7.95. The van der Waals surface area contributed by atoms with E-state index in [0.717, 1.165) is 0 Å². The van der Waals surface area contributed by atoms with Gasteiger partial charge in [-0.25, -0.2) is 0 Å². The summed E-state index contributed by atoms with van der Waals surface area (Å²) in [4.78, 5) is 37.7. The van der Waals surface area contributed by atoms with E-state index in [0.29, 0.717) is 34.3 Å². The SMILES string of the molecule is CCOc1cc([C@H]2CC(=O)NC3=C2C(=O)[C@@H](C(=O)OC)[C@H](C)C3)cc(Br)c1O. The number of phenols is 1. The number of ether oxygens (including phenoxy) is 2. The fourth-order valence-electron chi connectivity index (χ4n) is 3.94. The lowest BCUT2D eigenvalue weighted by atomic mass is 9.70. The summed E-state index contributed by atoms with van der Waals surface area (Å²) in [5, 5.41) is 13.0. The molecule has 0 aromatic heterocycles. The van der Waals surface area contributed by atoms with Gasteiger partial charge in [0, 0.05) is 23.6 Å². The van der Waals surface area contributed by atoms with Gasteiger partial charge in [-0.05, 0) is 52.9 Å². The van der Waals surface area contributed by atoms with E-state index in [1.165, 1.54) is 7.11 Å². The third kappa shape index (κ3) is 3.53. The highest BCUT2D eigenvalue weighted by Gasteiger charge is 2.45. The number of hydrogen-bond acceptors (Lipinski definition) is 6. The summed E-state index contributed by atoms with van der Waals surface area (Å²) in [6, 6.07) is 3.31. The molecule has 0 saturated heterocycles. The number of phenolic OH excluding ortho intramolecular Hbond substituents is 1. The number of aromatic hydroxyl groups is 1. The van der Waals surface area contributed by atoms with E-state index in [4.69, 9.17) is 9.47 Å². The molecule has 1 aliphatic heterocycles. The summed E-state index contributed by atoms with van der Waals surface area (Å²) in [7, 11) is 1.26. The summed E-state index contributed by atoms with van der Waals surface area (Å²) >= 11 is 3.30.